The van der Waals surface area contributed by atoms with Crippen LogP contribution in [-0.2, 0) is 13.0 Å². The second-order valence-electron chi connectivity index (χ2n) is 6.14. The number of benzene rings is 2. The van der Waals surface area contributed by atoms with Gasteiger partial charge in [-0.05, 0) is 33.6 Å². The Kier molecular flexibility index (Phi) is 4.48. The molecule has 0 aliphatic carbocycles. The number of hydrogen-bond acceptors (Lipinski definition) is 6. The van der Waals surface area contributed by atoms with Gasteiger partial charge in [-0.1, -0.05) is 36.4 Å². The summed E-state index contributed by atoms with van der Waals surface area (Å²) in [5.41, 5.74) is 3.36. The van der Waals surface area contributed by atoms with Crippen LogP contribution in [0.4, 0.5) is 10.7 Å². The van der Waals surface area contributed by atoms with Crippen LogP contribution in [0.15, 0.2) is 53.2 Å². The summed E-state index contributed by atoms with van der Waals surface area (Å²) in [5.74, 6) is 0.928. The molecule has 2 N–H and O–H groups in total. The number of aromatic nitrogens is 5. The molecule has 0 radical (unpaired) electrons. The van der Waals surface area contributed by atoms with Crippen molar-refractivity contribution in [3.05, 3.63) is 65.5 Å². The van der Waals surface area contributed by atoms with Crippen molar-refractivity contribution in [2.75, 3.05) is 12.4 Å². The van der Waals surface area contributed by atoms with E-state index in [1.54, 1.807) is 13.1 Å². The zero-order valence-corrected chi connectivity index (χ0v) is 14.6. The average Bonchev–Trinajstić information content (AvgIpc) is 3.31. The summed E-state index contributed by atoms with van der Waals surface area (Å²) in [6.07, 6.45) is 0.616. The summed E-state index contributed by atoms with van der Waals surface area (Å²) in [4.78, 5) is 18.2. The van der Waals surface area contributed by atoms with Crippen LogP contribution in [0.1, 0.15) is 17.0 Å². The number of nitrogens with one attached hydrogen (secondary N) is 2. The molecule has 4 rings (SSSR count). The number of anilines is 1. The standard InChI is InChI=1S/C18H17N7O2/c1-25(11-13-7-8-14-15(9-13)24-27-23-14)18(26)20-17-19-16(21-22-17)10-12-5-3-2-4-6-12/h2-9H,10-11H2,1H3,(H2,19,20,21,22,26). The van der Waals surface area contributed by atoms with Crippen LogP contribution < -0.4 is 5.32 Å². The van der Waals surface area contributed by atoms with Crippen LogP contribution >= 0.6 is 0 Å². The van der Waals surface area contributed by atoms with E-state index < -0.39 is 0 Å². The maximum absolute atomic E-state index is 12.4. The van der Waals surface area contributed by atoms with Gasteiger partial charge < -0.3 is 4.90 Å². The number of hydrogen-bond donors (Lipinski definition) is 2. The maximum atomic E-state index is 12.4. The van der Waals surface area contributed by atoms with Gasteiger partial charge in [-0.25, -0.2) is 9.42 Å². The minimum Gasteiger partial charge on any atom is -0.323 e. The smallest absolute Gasteiger partial charge is 0.323 e. The third-order valence-electron chi connectivity index (χ3n) is 4.05. The fraction of sp³-hybridized carbons (Fsp3) is 0.167. The van der Waals surface area contributed by atoms with Gasteiger partial charge in [0.15, 0.2) is 0 Å². The second kappa shape index (κ2) is 7.24. The van der Waals surface area contributed by atoms with Gasteiger partial charge in [-0.2, -0.15) is 4.98 Å². The molecular formula is C18H17N7O2. The monoisotopic (exact) mass is 363 g/mol. The molecule has 4 aromatic rings. The van der Waals surface area contributed by atoms with Gasteiger partial charge in [0, 0.05) is 20.0 Å². The van der Waals surface area contributed by atoms with Crippen LogP contribution in [0.5, 0.6) is 0 Å². The number of H-pyrrole nitrogens is 1. The van der Waals surface area contributed by atoms with Crippen molar-refractivity contribution < 1.29 is 9.42 Å². The number of urea groups is 1. The summed E-state index contributed by atoms with van der Waals surface area (Å²) >= 11 is 0. The van der Waals surface area contributed by atoms with E-state index in [4.69, 9.17) is 0 Å². The van der Waals surface area contributed by atoms with Crippen molar-refractivity contribution >= 4 is 23.0 Å². The predicted molar refractivity (Wildman–Crippen MR) is 97.9 cm³/mol. The quantitative estimate of drug-likeness (QED) is 0.563. The SMILES string of the molecule is CN(Cc1ccc2nonc2c1)C(=O)Nc1n[nH]c(Cc2ccccc2)n1. The van der Waals surface area contributed by atoms with E-state index in [2.05, 4.69) is 35.4 Å². The number of rotatable bonds is 5. The van der Waals surface area contributed by atoms with Gasteiger partial charge in [0.05, 0.1) is 0 Å². The van der Waals surface area contributed by atoms with E-state index in [0.29, 0.717) is 29.8 Å². The van der Waals surface area contributed by atoms with Gasteiger partial charge in [-0.3, -0.25) is 10.4 Å². The zero-order valence-electron chi connectivity index (χ0n) is 14.6. The fourth-order valence-corrected chi connectivity index (χ4v) is 2.68. The van der Waals surface area contributed by atoms with Crippen molar-refractivity contribution in [2.24, 2.45) is 0 Å². The number of carbonyl (C=O) groups is 1. The summed E-state index contributed by atoms with van der Waals surface area (Å²) in [7, 11) is 1.69. The van der Waals surface area contributed by atoms with Gasteiger partial charge in [0.25, 0.3) is 0 Å². The lowest BCUT2D eigenvalue weighted by Gasteiger charge is -2.16. The highest BCUT2D eigenvalue weighted by molar-refractivity contribution is 5.87. The van der Waals surface area contributed by atoms with E-state index >= 15 is 0 Å². The number of amides is 2. The summed E-state index contributed by atoms with van der Waals surface area (Å²) in [5, 5.41) is 17.2. The predicted octanol–water partition coefficient (Wildman–Crippen LogP) is 2.60. The molecule has 2 aromatic heterocycles. The Morgan fingerprint density at radius 3 is 2.78 bits per heavy atom. The lowest BCUT2D eigenvalue weighted by Crippen LogP contribution is -2.31. The number of nitrogens with zero attached hydrogens (tertiary/aromatic N) is 5. The van der Waals surface area contributed by atoms with E-state index in [1.807, 2.05) is 42.5 Å². The minimum absolute atomic E-state index is 0.244. The number of carbonyl (C=O) groups excluding carboxylic acids is 1. The molecule has 0 saturated carbocycles. The second-order valence-corrected chi connectivity index (χ2v) is 6.14. The molecule has 0 spiro atoms. The molecule has 27 heavy (non-hydrogen) atoms. The van der Waals surface area contributed by atoms with Gasteiger partial charge in [0.2, 0.25) is 5.95 Å². The van der Waals surface area contributed by atoms with Crippen LogP contribution in [0.2, 0.25) is 0 Å². The van der Waals surface area contributed by atoms with E-state index in [9.17, 15) is 4.79 Å². The molecule has 2 amide bonds. The molecule has 9 nitrogen and oxygen atoms in total. The Bertz CT molecular complexity index is 1060. The first-order valence-electron chi connectivity index (χ1n) is 8.36. The van der Waals surface area contributed by atoms with Gasteiger partial charge >= 0.3 is 6.03 Å². The van der Waals surface area contributed by atoms with E-state index in [-0.39, 0.29) is 12.0 Å². The molecule has 0 atom stereocenters. The fourth-order valence-electron chi connectivity index (χ4n) is 2.68. The van der Waals surface area contributed by atoms with Crippen molar-refractivity contribution in [2.45, 2.75) is 13.0 Å². The number of aromatic amines is 1. The molecule has 0 bridgehead atoms. The van der Waals surface area contributed by atoms with Crippen LogP contribution in [0.3, 0.4) is 0 Å². The van der Waals surface area contributed by atoms with Gasteiger partial charge in [-0.15, -0.1) is 5.10 Å². The average molecular weight is 363 g/mol. The molecular weight excluding hydrogens is 346 g/mol. The highest BCUT2D eigenvalue weighted by atomic mass is 16.6. The first-order valence-corrected chi connectivity index (χ1v) is 8.36. The Morgan fingerprint density at radius 2 is 1.93 bits per heavy atom. The number of fused-ring (bicyclic) bond motifs is 1. The third kappa shape index (κ3) is 3.92. The van der Waals surface area contributed by atoms with Crippen molar-refractivity contribution in [1.29, 1.82) is 0 Å². The summed E-state index contributed by atoms with van der Waals surface area (Å²) in [6, 6.07) is 15.1. The molecule has 0 aliphatic heterocycles. The maximum Gasteiger partial charge on any atom is 0.324 e. The Balaban J connectivity index is 1.36. The van der Waals surface area contributed by atoms with E-state index in [0.717, 1.165) is 11.1 Å². The Morgan fingerprint density at radius 1 is 1.11 bits per heavy atom. The molecule has 0 fully saturated rings. The highest BCUT2D eigenvalue weighted by Crippen LogP contribution is 2.13. The van der Waals surface area contributed by atoms with E-state index in [1.165, 1.54) is 4.90 Å². The molecule has 2 aromatic carbocycles. The Hall–Kier alpha value is -3.75. The first kappa shape index (κ1) is 16.7. The minimum atomic E-state index is -0.307. The van der Waals surface area contributed by atoms with Crippen molar-refractivity contribution in [3.63, 3.8) is 0 Å². The summed E-state index contributed by atoms with van der Waals surface area (Å²) in [6.45, 7) is 0.399. The first-order chi connectivity index (χ1) is 13.2. The van der Waals surface area contributed by atoms with Crippen LogP contribution in [0.25, 0.3) is 11.0 Å². The normalized spacial score (nSPS) is 10.9. The molecule has 2 heterocycles. The lowest BCUT2D eigenvalue weighted by atomic mass is 10.1. The van der Waals surface area contributed by atoms with Crippen molar-refractivity contribution in [1.82, 2.24) is 30.4 Å². The van der Waals surface area contributed by atoms with Crippen molar-refractivity contribution in [3.8, 4) is 0 Å². The third-order valence-corrected chi connectivity index (χ3v) is 4.05. The largest absolute Gasteiger partial charge is 0.324 e. The summed E-state index contributed by atoms with van der Waals surface area (Å²) < 4.78 is 4.68. The molecule has 0 unspecified atom stereocenters. The lowest BCUT2D eigenvalue weighted by molar-refractivity contribution is 0.220. The van der Waals surface area contributed by atoms with Gasteiger partial charge in [0.1, 0.15) is 16.9 Å². The highest BCUT2D eigenvalue weighted by Gasteiger charge is 2.13. The zero-order chi connectivity index (χ0) is 18.6. The van der Waals surface area contributed by atoms with Crippen LogP contribution in [0, 0.1) is 0 Å². The molecule has 0 aliphatic rings. The molecule has 136 valence electrons. The topological polar surface area (TPSA) is 113 Å². The van der Waals surface area contributed by atoms with Crippen LogP contribution in [-0.4, -0.2) is 43.5 Å². The molecule has 9 heteroatoms. The molecule has 0 saturated heterocycles. The Labute approximate surface area is 154 Å².